The predicted molar refractivity (Wildman–Crippen MR) is 129 cm³/mol. The summed E-state index contributed by atoms with van der Waals surface area (Å²) < 4.78 is 0.755. The Morgan fingerprint density at radius 1 is 1.23 bits per heavy atom. The van der Waals surface area contributed by atoms with Crippen molar-refractivity contribution < 1.29 is 0 Å². The lowest BCUT2D eigenvalue weighted by molar-refractivity contribution is 0.737. The minimum atomic E-state index is 0.668. The van der Waals surface area contributed by atoms with Crippen LogP contribution in [0.25, 0.3) is 32.7 Å². The van der Waals surface area contributed by atoms with Gasteiger partial charge in [0.1, 0.15) is 11.2 Å². The summed E-state index contributed by atoms with van der Waals surface area (Å²) in [5.74, 6) is 0. The minimum absolute atomic E-state index is 0.668. The van der Waals surface area contributed by atoms with Crippen molar-refractivity contribution in [2.75, 3.05) is 18.4 Å². The van der Waals surface area contributed by atoms with Crippen molar-refractivity contribution in [3.63, 3.8) is 0 Å². The number of pyridine rings is 2. The lowest BCUT2D eigenvalue weighted by Gasteiger charge is -2.14. The molecule has 0 saturated heterocycles. The van der Waals surface area contributed by atoms with Crippen molar-refractivity contribution in [3.05, 3.63) is 70.6 Å². The first kappa shape index (κ1) is 19.9. The molecule has 1 aliphatic rings. The van der Waals surface area contributed by atoms with Crippen LogP contribution in [-0.4, -0.2) is 33.3 Å². The van der Waals surface area contributed by atoms with Gasteiger partial charge in [-0.3, -0.25) is 10.1 Å². The fourth-order valence-electron chi connectivity index (χ4n) is 3.72. The number of hydrogen-bond donors (Lipinski definition) is 3. The van der Waals surface area contributed by atoms with Gasteiger partial charge in [-0.2, -0.15) is 5.10 Å². The highest BCUT2D eigenvalue weighted by Crippen LogP contribution is 2.35. The lowest BCUT2D eigenvalue weighted by Crippen LogP contribution is -2.20. The van der Waals surface area contributed by atoms with Crippen molar-refractivity contribution in [1.82, 2.24) is 25.5 Å². The smallest absolute Gasteiger partial charge is 0.134 e. The number of nitrogens with zero attached hydrogens (tertiary/aromatic N) is 3. The van der Waals surface area contributed by atoms with E-state index in [0.29, 0.717) is 11.4 Å². The predicted octanol–water partition coefficient (Wildman–Crippen LogP) is 5.50. The van der Waals surface area contributed by atoms with Crippen LogP contribution in [0.4, 0.5) is 5.69 Å². The third-order valence-electron chi connectivity index (χ3n) is 5.43. The number of fused-ring (bicyclic) bond motifs is 1. The third kappa shape index (κ3) is 3.87. The van der Waals surface area contributed by atoms with Crippen LogP contribution in [0, 0.1) is 6.92 Å². The van der Waals surface area contributed by atoms with Gasteiger partial charge in [-0.25, -0.2) is 4.98 Å². The lowest BCUT2D eigenvalue weighted by atomic mass is 10.0. The Kier molecular flexibility index (Phi) is 5.31. The monoisotopic (exact) mass is 448 g/mol. The van der Waals surface area contributed by atoms with E-state index in [1.54, 1.807) is 6.20 Å². The number of thiophene rings is 1. The minimum Gasteiger partial charge on any atom is -0.353 e. The van der Waals surface area contributed by atoms with E-state index in [9.17, 15) is 0 Å². The van der Waals surface area contributed by atoms with Gasteiger partial charge in [0.05, 0.1) is 33.1 Å². The molecule has 0 aromatic carbocycles. The summed E-state index contributed by atoms with van der Waals surface area (Å²) in [5.41, 5.74) is 8.29. The maximum absolute atomic E-state index is 6.12. The number of anilines is 1. The fourth-order valence-corrected chi connectivity index (χ4v) is 4.83. The van der Waals surface area contributed by atoms with Crippen molar-refractivity contribution in [1.29, 1.82) is 0 Å². The molecule has 4 aromatic heterocycles. The van der Waals surface area contributed by atoms with Crippen LogP contribution < -0.4 is 10.6 Å². The third-order valence-corrected chi connectivity index (χ3v) is 6.69. The van der Waals surface area contributed by atoms with E-state index in [-0.39, 0.29) is 0 Å². The number of rotatable bonds is 5. The maximum Gasteiger partial charge on any atom is 0.134 e. The number of H-pyrrole nitrogens is 1. The average Bonchev–Trinajstić information content (AvgIpc) is 3.41. The SMILES string of the molecule is C=C(Nc1cncc(-c2ccc(Cl)s2)c1C)c1n[nH]c2ccc(C3=CCNCC3)nc12. The molecule has 3 N–H and O–H groups in total. The number of halogens is 1. The number of aromatic amines is 1. The normalized spacial score (nSPS) is 13.9. The fraction of sp³-hybridized carbons (Fsp3) is 0.174. The molecule has 31 heavy (non-hydrogen) atoms. The van der Waals surface area contributed by atoms with Crippen molar-refractivity contribution >= 4 is 50.9 Å². The molecule has 0 atom stereocenters. The van der Waals surface area contributed by atoms with Crippen LogP contribution in [0.5, 0.6) is 0 Å². The van der Waals surface area contributed by atoms with Crippen LogP contribution in [0.1, 0.15) is 23.4 Å². The first-order chi connectivity index (χ1) is 15.1. The zero-order valence-electron chi connectivity index (χ0n) is 17.0. The zero-order chi connectivity index (χ0) is 21.4. The Labute approximate surface area is 189 Å². The van der Waals surface area contributed by atoms with Crippen molar-refractivity contribution in [3.8, 4) is 10.4 Å². The van der Waals surface area contributed by atoms with Crippen LogP contribution in [0.2, 0.25) is 4.34 Å². The quantitative estimate of drug-likeness (QED) is 0.375. The summed E-state index contributed by atoms with van der Waals surface area (Å²) in [5, 5.41) is 14.3. The van der Waals surface area contributed by atoms with Gasteiger partial charge in [0.25, 0.3) is 0 Å². The second kappa shape index (κ2) is 8.26. The van der Waals surface area contributed by atoms with Crippen LogP contribution >= 0.6 is 22.9 Å². The molecular weight excluding hydrogens is 428 g/mol. The van der Waals surface area contributed by atoms with Crippen LogP contribution in [-0.2, 0) is 0 Å². The number of hydrogen-bond acceptors (Lipinski definition) is 6. The molecule has 8 heteroatoms. The first-order valence-corrected chi connectivity index (χ1v) is 11.2. The zero-order valence-corrected chi connectivity index (χ0v) is 18.6. The molecule has 156 valence electrons. The summed E-state index contributed by atoms with van der Waals surface area (Å²) in [6, 6.07) is 7.98. The molecule has 0 aliphatic carbocycles. The van der Waals surface area contributed by atoms with Crippen molar-refractivity contribution in [2.45, 2.75) is 13.3 Å². The van der Waals surface area contributed by atoms with Gasteiger partial charge in [0.2, 0.25) is 0 Å². The highest BCUT2D eigenvalue weighted by atomic mass is 35.5. The van der Waals surface area contributed by atoms with Crippen LogP contribution in [0.15, 0.2) is 49.3 Å². The molecular formula is C23H21ClN6S. The Morgan fingerprint density at radius 2 is 2.13 bits per heavy atom. The average molecular weight is 449 g/mol. The Balaban J connectivity index is 1.46. The van der Waals surface area contributed by atoms with Gasteiger partial charge in [0, 0.05) is 23.2 Å². The Morgan fingerprint density at radius 3 is 2.90 bits per heavy atom. The van der Waals surface area contributed by atoms with Gasteiger partial charge >= 0.3 is 0 Å². The summed E-state index contributed by atoms with van der Waals surface area (Å²) >= 11 is 7.66. The van der Waals surface area contributed by atoms with E-state index >= 15 is 0 Å². The molecule has 0 fully saturated rings. The Bertz CT molecular complexity index is 1320. The second-order valence-electron chi connectivity index (χ2n) is 7.42. The second-order valence-corrected chi connectivity index (χ2v) is 9.13. The van der Waals surface area contributed by atoms with Gasteiger partial charge in [-0.05, 0) is 55.3 Å². The summed E-state index contributed by atoms with van der Waals surface area (Å²) in [6.45, 7) is 8.13. The molecule has 0 unspecified atom stereocenters. The molecule has 5 rings (SSSR count). The van der Waals surface area contributed by atoms with Crippen LogP contribution in [0.3, 0.4) is 0 Å². The molecule has 0 spiro atoms. The van der Waals surface area contributed by atoms with Gasteiger partial charge in [-0.1, -0.05) is 24.3 Å². The molecule has 5 heterocycles. The van der Waals surface area contributed by atoms with Gasteiger partial charge in [0.15, 0.2) is 0 Å². The highest BCUT2D eigenvalue weighted by molar-refractivity contribution is 7.19. The number of aromatic nitrogens is 4. The topological polar surface area (TPSA) is 78.5 Å². The molecule has 6 nitrogen and oxygen atoms in total. The van der Waals surface area contributed by atoms with E-state index < -0.39 is 0 Å². The summed E-state index contributed by atoms with van der Waals surface area (Å²) in [4.78, 5) is 10.4. The Hall–Kier alpha value is -3.00. The number of nitrogens with one attached hydrogen (secondary N) is 3. The van der Waals surface area contributed by atoms with Gasteiger partial charge in [-0.15, -0.1) is 11.3 Å². The van der Waals surface area contributed by atoms with E-state index in [0.717, 1.165) is 62.3 Å². The molecule has 1 aliphatic heterocycles. The molecule has 0 amide bonds. The van der Waals surface area contributed by atoms with Gasteiger partial charge < -0.3 is 10.6 Å². The molecule has 0 radical (unpaired) electrons. The van der Waals surface area contributed by atoms with E-state index in [1.165, 1.54) is 16.9 Å². The molecule has 0 bridgehead atoms. The summed E-state index contributed by atoms with van der Waals surface area (Å²) in [6.07, 6.45) is 6.82. The van der Waals surface area contributed by atoms with E-state index in [2.05, 4.69) is 45.4 Å². The van der Waals surface area contributed by atoms with E-state index in [4.69, 9.17) is 16.6 Å². The molecule has 4 aromatic rings. The molecule has 0 saturated carbocycles. The first-order valence-electron chi connectivity index (χ1n) is 10.0. The standard InChI is InChI=1S/C23H21ClN6S/c1-13-16(20-5-6-21(24)31-20)11-26-12-19(13)27-14(2)22-23-18(29-30-22)4-3-17(28-23)15-7-9-25-10-8-15/h3-7,11-12,25,27H,2,8-10H2,1H3,(H,29,30). The van der Waals surface area contributed by atoms with E-state index in [1.807, 2.05) is 30.5 Å². The maximum atomic E-state index is 6.12. The highest BCUT2D eigenvalue weighted by Gasteiger charge is 2.16. The largest absolute Gasteiger partial charge is 0.353 e. The van der Waals surface area contributed by atoms with Crippen molar-refractivity contribution in [2.24, 2.45) is 0 Å². The summed E-state index contributed by atoms with van der Waals surface area (Å²) in [7, 11) is 0.